The number of ether oxygens (including phenoxy) is 1. The first kappa shape index (κ1) is 21.0. The van der Waals surface area contributed by atoms with Crippen molar-refractivity contribution in [1.29, 1.82) is 0 Å². The van der Waals surface area contributed by atoms with Crippen LogP contribution in [0.4, 0.5) is 5.69 Å². The summed E-state index contributed by atoms with van der Waals surface area (Å²) >= 11 is 0. The van der Waals surface area contributed by atoms with Crippen LogP contribution in [0.5, 0.6) is 5.75 Å². The highest BCUT2D eigenvalue weighted by molar-refractivity contribution is 5.94. The molecule has 1 aromatic heterocycles. The highest BCUT2D eigenvalue weighted by Crippen LogP contribution is 2.29. The van der Waals surface area contributed by atoms with Gasteiger partial charge in [-0.3, -0.25) is 4.79 Å². The van der Waals surface area contributed by atoms with E-state index in [1.807, 2.05) is 47.4 Å². The number of nitrogens with zero attached hydrogens (tertiary/aromatic N) is 4. The summed E-state index contributed by atoms with van der Waals surface area (Å²) in [4.78, 5) is 21.5. The maximum atomic E-state index is 12.8. The monoisotopic (exact) mass is 442 g/mol. The largest absolute Gasteiger partial charge is 0.495 e. The Labute approximate surface area is 192 Å². The third-order valence-electron chi connectivity index (χ3n) is 6.11. The van der Waals surface area contributed by atoms with Gasteiger partial charge >= 0.3 is 0 Å². The molecule has 2 heterocycles. The molecule has 7 nitrogen and oxygen atoms in total. The van der Waals surface area contributed by atoms with E-state index < -0.39 is 0 Å². The molecule has 0 saturated carbocycles. The molecule has 0 atom stereocenters. The van der Waals surface area contributed by atoms with Crippen LogP contribution in [0.15, 0.2) is 71.3 Å². The van der Waals surface area contributed by atoms with E-state index in [2.05, 4.69) is 39.3 Å². The molecule has 0 aliphatic carbocycles. The fourth-order valence-corrected chi connectivity index (χ4v) is 4.35. The van der Waals surface area contributed by atoms with Crippen molar-refractivity contribution in [2.45, 2.75) is 12.8 Å². The number of aryl methyl sites for hydroxylation is 1. The molecule has 4 aromatic rings. The quantitative estimate of drug-likeness (QED) is 0.446. The van der Waals surface area contributed by atoms with Gasteiger partial charge in [0.25, 0.3) is 0 Å². The van der Waals surface area contributed by atoms with E-state index in [1.165, 1.54) is 0 Å². The van der Waals surface area contributed by atoms with E-state index in [0.29, 0.717) is 37.6 Å². The van der Waals surface area contributed by atoms with Crippen LogP contribution in [0.2, 0.25) is 0 Å². The summed E-state index contributed by atoms with van der Waals surface area (Å²) in [5.41, 5.74) is 2.00. The first-order valence-electron chi connectivity index (χ1n) is 11.2. The molecular formula is C26H26N4O3. The molecule has 0 spiro atoms. The molecule has 5 rings (SSSR count). The van der Waals surface area contributed by atoms with E-state index in [0.717, 1.165) is 40.9 Å². The minimum absolute atomic E-state index is 0.111. The Kier molecular flexibility index (Phi) is 5.93. The van der Waals surface area contributed by atoms with Gasteiger partial charge < -0.3 is 19.1 Å². The summed E-state index contributed by atoms with van der Waals surface area (Å²) in [7, 11) is 1.68. The number of carbonyl (C=O) groups excluding carboxylic acids is 1. The molecule has 0 N–H and O–H groups in total. The number of methoxy groups -OCH3 is 1. The summed E-state index contributed by atoms with van der Waals surface area (Å²) < 4.78 is 10.9. The van der Waals surface area contributed by atoms with Gasteiger partial charge in [0.2, 0.25) is 17.6 Å². The lowest BCUT2D eigenvalue weighted by molar-refractivity contribution is -0.131. The number of anilines is 1. The molecule has 1 aliphatic rings. The standard InChI is InChI=1S/C26H26N4O3/c1-32-23-12-5-4-11-22(23)29-15-17-30(18-16-29)25(31)14-13-24-27-26(28-33-24)21-10-6-8-19-7-2-3-9-20(19)21/h2-12H,13-18H2,1H3. The minimum Gasteiger partial charge on any atom is -0.495 e. The molecule has 1 aliphatic heterocycles. The third-order valence-corrected chi connectivity index (χ3v) is 6.11. The Morgan fingerprint density at radius 1 is 0.970 bits per heavy atom. The molecule has 0 unspecified atom stereocenters. The molecule has 3 aromatic carbocycles. The molecule has 1 saturated heterocycles. The van der Waals surface area contributed by atoms with Crippen molar-refractivity contribution in [3.8, 4) is 17.1 Å². The van der Waals surface area contributed by atoms with E-state index >= 15 is 0 Å². The van der Waals surface area contributed by atoms with Gasteiger partial charge in [0.15, 0.2) is 0 Å². The molecule has 0 bridgehead atoms. The van der Waals surface area contributed by atoms with Gasteiger partial charge in [-0.25, -0.2) is 0 Å². The predicted octanol–water partition coefficient (Wildman–Crippen LogP) is 4.18. The van der Waals surface area contributed by atoms with Crippen molar-refractivity contribution < 1.29 is 14.1 Å². The zero-order valence-corrected chi connectivity index (χ0v) is 18.6. The Bertz CT molecular complexity index is 1260. The second kappa shape index (κ2) is 9.32. The number of carbonyl (C=O) groups is 1. The molecule has 33 heavy (non-hydrogen) atoms. The van der Waals surface area contributed by atoms with Crippen molar-refractivity contribution in [1.82, 2.24) is 15.0 Å². The van der Waals surface area contributed by atoms with Crippen molar-refractivity contribution in [3.63, 3.8) is 0 Å². The second-order valence-corrected chi connectivity index (χ2v) is 8.08. The molecule has 0 radical (unpaired) electrons. The number of amides is 1. The van der Waals surface area contributed by atoms with Gasteiger partial charge in [0.1, 0.15) is 5.75 Å². The summed E-state index contributed by atoms with van der Waals surface area (Å²) in [5.74, 6) is 2.01. The topological polar surface area (TPSA) is 71.7 Å². The van der Waals surface area contributed by atoms with Crippen LogP contribution >= 0.6 is 0 Å². The van der Waals surface area contributed by atoms with Gasteiger partial charge in [-0.1, -0.05) is 59.8 Å². The van der Waals surface area contributed by atoms with Crippen LogP contribution < -0.4 is 9.64 Å². The number of benzene rings is 3. The van der Waals surface area contributed by atoms with Gasteiger partial charge in [-0.15, -0.1) is 0 Å². The third kappa shape index (κ3) is 4.39. The van der Waals surface area contributed by atoms with Crippen LogP contribution in [0.1, 0.15) is 12.3 Å². The summed E-state index contributed by atoms with van der Waals surface area (Å²) in [5, 5.41) is 6.37. The minimum atomic E-state index is 0.111. The number of para-hydroxylation sites is 2. The zero-order chi connectivity index (χ0) is 22.6. The number of aromatic nitrogens is 2. The maximum absolute atomic E-state index is 12.8. The van der Waals surface area contributed by atoms with Gasteiger partial charge in [0, 0.05) is 44.6 Å². The smallest absolute Gasteiger partial charge is 0.227 e. The molecular weight excluding hydrogens is 416 g/mol. The van der Waals surface area contributed by atoms with Crippen molar-refractivity contribution in [2.24, 2.45) is 0 Å². The lowest BCUT2D eigenvalue weighted by atomic mass is 10.0. The fourth-order valence-electron chi connectivity index (χ4n) is 4.35. The normalized spacial score (nSPS) is 14.0. The van der Waals surface area contributed by atoms with Crippen LogP contribution in [-0.2, 0) is 11.2 Å². The summed E-state index contributed by atoms with van der Waals surface area (Å²) in [6.45, 7) is 2.92. The highest BCUT2D eigenvalue weighted by Gasteiger charge is 2.23. The Morgan fingerprint density at radius 2 is 1.73 bits per heavy atom. The first-order valence-corrected chi connectivity index (χ1v) is 11.2. The van der Waals surface area contributed by atoms with E-state index in [9.17, 15) is 4.79 Å². The number of hydrogen-bond acceptors (Lipinski definition) is 6. The first-order chi connectivity index (χ1) is 16.2. The van der Waals surface area contributed by atoms with Crippen LogP contribution in [0, 0.1) is 0 Å². The average Bonchev–Trinajstić information content (AvgIpc) is 3.36. The number of fused-ring (bicyclic) bond motifs is 1. The SMILES string of the molecule is COc1ccccc1N1CCN(C(=O)CCc2nc(-c3cccc4ccccc34)no2)CC1. The van der Waals surface area contributed by atoms with Gasteiger partial charge in [-0.2, -0.15) is 4.98 Å². The number of rotatable bonds is 6. The molecule has 7 heteroatoms. The van der Waals surface area contributed by atoms with Crippen LogP contribution in [-0.4, -0.2) is 54.2 Å². The van der Waals surface area contributed by atoms with Crippen LogP contribution in [0.25, 0.3) is 22.2 Å². The van der Waals surface area contributed by atoms with E-state index in [4.69, 9.17) is 9.26 Å². The van der Waals surface area contributed by atoms with Gasteiger partial charge in [-0.05, 0) is 22.9 Å². The fraction of sp³-hybridized carbons (Fsp3) is 0.269. The Balaban J connectivity index is 1.18. The number of piperazine rings is 1. The van der Waals surface area contributed by atoms with E-state index in [-0.39, 0.29) is 5.91 Å². The van der Waals surface area contributed by atoms with Crippen molar-refractivity contribution in [2.75, 3.05) is 38.2 Å². The Hall–Kier alpha value is -3.87. The lowest BCUT2D eigenvalue weighted by Crippen LogP contribution is -2.48. The van der Waals surface area contributed by atoms with Gasteiger partial charge in [0.05, 0.1) is 12.8 Å². The van der Waals surface area contributed by atoms with Crippen molar-refractivity contribution in [3.05, 3.63) is 72.6 Å². The number of hydrogen-bond donors (Lipinski definition) is 0. The predicted molar refractivity (Wildman–Crippen MR) is 127 cm³/mol. The van der Waals surface area contributed by atoms with Crippen LogP contribution in [0.3, 0.4) is 0 Å². The summed E-state index contributed by atoms with van der Waals surface area (Å²) in [6.07, 6.45) is 0.787. The maximum Gasteiger partial charge on any atom is 0.227 e. The van der Waals surface area contributed by atoms with Crippen molar-refractivity contribution >= 4 is 22.4 Å². The molecule has 1 fully saturated rings. The van der Waals surface area contributed by atoms with E-state index in [1.54, 1.807) is 7.11 Å². The highest BCUT2D eigenvalue weighted by atomic mass is 16.5. The molecule has 168 valence electrons. The second-order valence-electron chi connectivity index (χ2n) is 8.08. The summed E-state index contributed by atoms with van der Waals surface area (Å²) in [6, 6.07) is 22.1. The zero-order valence-electron chi connectivity index (χ0n) is 18.6. The Morgan fingerprint density at radius 3 is 2.58 bits per heavy atom. The molecule has 1 amide bonds. The average molecular weight is 443 g/mol. The lowest BCUT2D eigenvalue weighted by Gasteiger charge is -2.36.